The topological polar surface area (TPSA) is 48.4 Å². The molecule has 0 fully saturated rings. The molecule has 1 aromatic carbocycles. The molecule has 0 saturated heterocycles. The molecule has 0 atom stereocenters. The van der Waals surface area contributed by atoms with Gasteiger partial charge in [-0.05, 0) is 35.7 Å². The van der Waals surface area contributed by atoms with Crippen LogP contribution >= 0.6 is 22.7 Å². The van der Waals surface area contributed by atoms with E-state index in [1.54, 1.807) is 22.7 Å². The molecule has 0 unspecified atom stereocenters. The molecule has 4 nitrogen and oxygen atoms in total. The number of benzene rings is 1. The average molecular weight is 345 g/mol. The summed E-state index contributed by atoms with van der Waals surface area (Å²) in [5, 5.41) is 15.6. The molecule has 23 heavy (non-hydrogen) atoms. The number of rotatable bonds is 7. The molecule has 6 heteroatoms. The highest BCUT2D eigenvalue weighted by Gasteiger charge is 2.06. The van der Waals surface area contributed by atoms with E-state index < -0.39 is 0 Å². The van der Waals surface area contributed by atoms with E-state index in [0.29, 0.717) is 6.54 Å². The second kappa shape index (κ2) is 7.59. The summed E-state index contributed by atoms with van der Waals surface area (Å²) < 4.78 is 0. The van der Waals surface area contributed by atoms with Gasteiger partial charge in [0.1, 0.15) is 5.01 Å². The summed E-state index contributed by atoms with van der Waals surface area (Å²) in [7, 11) is 1.97. The van der Waals surface area contributed by atoms with Crippen molar-refractivity contribution in [3.8, 4) is 9.88 Å². The Morgan fingerprint density at radius 3 is 2.74 bits per heavy atom. The van der Waals surface area contributed by atoms with E-state index in [1.807, 2.05) is 18.1 Å². The number of aromatic nitrogens is 1. The third-order valence-electron chi connectivity index (χ3n) is 3.50. The highest BCUT2D eigenvalue weighted by atomic mass is 32.1. The van der Waals surface area contributed by atoms with Crippen molar-refractivity contribution in [1.29, 1.82) is 0 Å². The predicted molar refractivity (Wildman–Crippen MR) is 99.6 cm³/mol. The summed E-state index contributed by atoms with van der Waals surface area (Å²) in [5.74, 6) is 0. The van der Waals surface area contributed by atoms with Gasteiger partial charge in [-0.15, -0.1) is 22.7 Å². The molecule has 0 aliphatic heterocycles. The van der Waals surface area contributed by atoms with E-state index in [0.717, 1.165) is 22.9 Å². The van der Waals surface area contributed by atoms with Crippen LogP contribution in [-0.2, 0) is 6.54 Å². The third-order valence-corrected chi connectivity index (χ3v) is 5.53. The van der Waals surface area contributed by atoms with Gasteiger partial charge in [0.25, 0.3) is 0 Å². The standard InChI is InChI=1S/C17H19N3OS2/c1-20(8-9-21)14-6-4-13(5-7-14)18-11-15-12-19-17(23-15)16-3-2-10-22-16/h2-7,10,12,18,21H,8-9,11H2,1H3. The zero-order valence-electron chi connectivity index (χ0n) is 12.9. The number of anilines is 2. The van der Waals surface area contributed by atoms with Crippen LogP contribution in [0.2, 0.25) is 0 Å². The van der Waals surface area contributed by atoms with Gasteiger partial charge in [0, 0.05) is 36.0 Å². The highest BCUT2D eigenvalue weighted by molar-refractivity contribution is 7.20. The van der Waals surface area contributed by atoms with Crippen LogP contribution in [0.1, 0.15) is 4.88 Å². The lowest BCUT2D eigenvalue weighted by atomic mass is 10.2. The second-order valence-electron chi connectivity index (χ2n) is 5.15. The second-order valence-corrected chi connectivity index (χ2v) is 7.22. The van der Waals surface area contributed by atoms with Gasteiger partial charge >= 0.3 is 0 Å². The molecule has 120 valence electrons. The first-order chi connectivity index (χ1) is 11.3. The number of hydrogen-bond donors (Lipinski definition) is 2. The number of thiophene rings is 1. The summed E-state index contributed by atoms with van der Waals surface area (Å²) in [5.41, 5.74) is 2.18. The number of aliphatic hydroxyl groups excluding tert-OH is 1. The lowest BCUT2D eigenvalue weighted by Crippen LogP contribution is -2.20. The Kier molecular flexibility index (Phi) is 5.27. The van der Waals surface area contributed by atoms with Gasteiger partial charge in [0.2, 0.25) is 0 Å². The molecule has 3 aromatic rings. The Balaban J connectivity index is 1.58. The summed E-state index contributed by atoms with van der Waals surface area (Å²) in [6.45, 7) is 1.57. The molecule has 0 saturated carbocycles. The van der Waals surface area contributed by atoms with Gasteiger partial charge in [-0.25, -0.2) is 4.98 Å². The van der Waals surface area contributed by atoms with Crippen LogP contribution in [0, 0.1) is 0 Å². The normalized spacial score (nSPS) is 10.7. The first kappa shape index (κ1) is 16.0. The third kappa shape index (κ3) is 4.10. The van der Waals surface area contributed by atoms with Crippen molar-refractivity contribution in [2.45, 2.75) is 6.54 Å². The zero-order valence-corrected chi connectivity index (χ0v) is 14.5. The fourth-order valence-corrected chi connectivity index (χ4v) is 3.86. The summed E-state index contributed by atoms with van der Waals surface area (Å²) in [6, 6.07) is 12.4. The maximum absolute atomic E-state index is 8.98. The van der Waals surface area contributed by atoms with E-state index in [9.17, 15) is 0 Å². The number of aliphatic hydroxyl groups is 1. The SMILES string of the molecule is CN(CCO)c1ccc(NCc2cnc(-c3cccs3)s2)cc1. The van der Waals surface area contributed by atoms with Crippen molar-refractivity contribution >= 4 is 34.0 Å². The smallest absolute Gasteiger partial charge is 0.133 e. The molecule has 0 aliphatic rings. The van der Waals surface area contributed by atoms with E-state index >= 15 is 0 Å². The van der Waals surface area contributed by atoms with Crippen molar-refractivity contribution in [3.05, 3.63) is 52.9 Å². The Labute approximate surface area is 144 Å². The fourth-order valence-electron chi connectivity index (χ4n) is 2.21. The minimum atomic E-state index is 0.161. The Morgan fingerprint density at radius 2 is 2.04 bits per heavy atom. The molecule has 2 heterocycles. The number of hydrogen-bond acceptors (Lipinski definition) is 6. The minimum Gasteiger partial charge on any atom is -0.395 e. The van der Waals surface area contributed by atoms with Crippen LogP contribution in [0.15, 0.2) is 48.0 Å². The van der Waals surface area contributed by atoms with E-state index in [1.165, 1.54) is 9.75 Å². The Hall–Kier alpha value is -1.89. The van der Waals surface area contributed by atoms with Crippen molar-refractivity contribution in [2.75, 3.05) is 30.4 Å². The number of thiazole rings is 1. The first-order valence-corrected chi connectivity index (χ1v) is 9.10. The molecule has 2 N–H and O–H groups in total. The number of likely N-dealkylation sites (N-methyl/N-ethyl adjacent to an activating group) is 1. The molecule has 2 aromatic heterocycles. The maximum atomic E-state index is 8.98. The van der Waals surface area contributed by atoms with Crippen molar-refractivity contribution in [2.24, 2.45) is 0 Å². The molecular weight excluding hydrogens is 326 g/mol. The van der Waals surface area contributed by atoms with Gasteiger partial charge in [-0.1, -0.05) is 6.07 Å². The lowest BCUT2D eigenvalue weighted by Gasteiger charge is -2.18. The quantitative estimate of drug-likeness (QED) is 0.681. The average Bonchev–Trinajstić information content (AvgIpc) is 3.25. The van der Waals surface area contributed by atoms with Crippen molar-refractivity contribution in [1.82, 2.24) is 4.98 Å². The van der Waals surface area contributed by atoms with Gasteiger partial charge in [0.05, 0.1) is 18.0 Å². The van der Waals surface area contributed by atoms with Crippen LogP contribution in [-0.4, -0.2) is 30.3 Å². The maximum Gasteiger partial charge on any atom is 0.133 e. The molecule has 0 bridgehead atoms. The Bertz CT molecular complexity index is 723. The summed E-state index contributed by atoms with van der Waals surface area (Å²) in [4.78, 5) is 8.95. The van der Waals surface area contributed by atoms with Crippen LogP contribution in [0.25, 0.3) is 9.88 Å². The predicted octanol–water partition coefficient (Wildman–Crippen LogP) is 3.91. The minimum absolute atomic E-state index is 0.161. The van der Waals surface area contributed by atoms with E-state index in [4.69, 9.17) is 5.11 Å². The van der Waals surface area contributed by atoms with E-state index in [2.05, 4.69) is 52.1 Å². The van der Waals surface area contributed by atoms with E-state index in [-0.39, 0.29) is 6.61 Å². The summed E-state index contributed by atoms with van der Waals surface area (Å²) in [6.07, 6.45) is 1.94. The number of nitrogens with zero attached hydrogens (tertiary/aromatic N) is 2. The van der Waals surface area contributed by atoms with Gasteiger partial charge in [-0.2, -0.15) is 0 Å². The number of nitrogens with one attached hydrogen (secondary N) is 1. The summed E-state index contributed by atoms with van der Waals surface area (Å²) >= 11 is 3.44. The Morgan fingerprint density at radius 1 is 1.22 bits per heavy atom. The van der Waals surface area contributed by atoms with Crippen molar-refractivity contribution in [3.63, 3.8) is 0 Å². The lowest BCUT2D eigenvalue weighted by molar-refractivity contribution is 0.304. The molecule has 0 spiro atoms. The fraction of sp³-hybridized carbons (Fsp3) is 0.235. The van der Waals surface area contributed by atoms with Crippen molar-refractivity contribution < 1.29 is 5.11 Å². The molecule has 0 radical (unpaired) electrons. The van der Waals surface area contributed by atoms with Crippen LogP contribution in [0.5, 0.6) is 0 Å². The molecular formula is C17H19N3OS2. The molecule has 0 amide bonds. The monoisotopic (exact) mass is 345 g/mol. The largest absolute Gasteiger partial charge is 0.395 e. The highest BCUT2D eigenvalue weighted by Crippen LogP contribution is 2.29. The van der Waals surface area contributed by atoms with Gasteiger partial charge in [-0.3, -0.25) is 0 Å². The van der Waals surface area contributed by atoms with Crippen LogP contribution in [0.4, 0.5) is 11.4 Å². The van der Waals surface area contributed by atoms with Gasteiger partial charge in [0.15, 0.2) is 0 Å². The molecule has 0 aliphatic carbocycles. The van der Waals surface area contributed by atoms with Crippen LogP contribution < -0.4 is 10.2 Å². The van der Waals surface area contributed by atoms with Gasteiger partial charge < -0.3 is 15.3 Å². The zero-order chi connectivity index (χ0) is 16.1. The van der Waals surface area contributed by atoms with Crippen LogP contribution in [0.3, 0.4) is 0 Å². The first-order valence-electron chi connectivity index (χ1n) is 7.41. The molecule has 3 rings (SSSR count).